The van der Waals surface area contributed by atoms with Crippen LogP contribution in [0.15, 0.2) is 71.6 Å². The molecule has 0 aliphatic heterocycles. The van der Waals surface area contributed by atoms with E-state index in [4.69, 9.17) is 9.47 Å². The van der Waals surface area contributed by atoms with Crippen LogP contribution in [0.5, 0.6) is 11.5 Å². The lowest BCUT2D eigenvalue weighted by molar-refractivity contribution is -0.118. The number of hydrogen-bond acceptors (Lipinski definition) is 5. The third-order valence-electron chi connectivity index (χ3n) is 4.88. The van der Waals surface area contributed by atoms with E-state index in [1.54, 1.807) is 54.6 Å². The van der Waals surface area contributed by atoms with Crippen molar-refractivity contribution in [2.75, 3.05) is 30.4 Å². The van der Waals surface area contributed by atoms with E-state index in [1.807, 2.05) is 26.0 Å². The fraction of sp³-hybridized carbons (Fsp3) is 0.208. The van der Waals surface area contributed by atoms with Gasteiger partial charge in [0.2, 0.25) is 0 Å². The van der Waals surface area contributed by atoms with Gasteiger partial charge in [0.15, 0.2) is 6.61 Å². The number of carbonyl (C=O) groups excluding carboxylic acids is 1. The number of sulfonamides is 1. The van der Waals surface area contributed by atoms with Gasteiger partial charge in [-0.3, -0.25) is 9.10 Å². The average molecular weight is 455 g/mol. The molecule has 0 atom stereocenters. The topological polar surface area (TPSA) is 84.9 Å². The minimum atomic E-state index is -3.68. The molecule has 0 heterocycles. The van der Waals surface area contributed by atoms with Crippen LogP contribution in [0, 0.1) is 13.8 Å². The highest BCUT2D eigenvalue weighted by Crippen LogP contribution is 2.26. The van der Waals surface area contributed by atoms with Crippen LogP contribution in [0.1, 0.15) is 11.1 Å². The summed E-state index contributed by atoms with van der Waals surface area (Å²) in [5.41, 5.74) is 3.02. The first-order valence-corrected chi connectivity index (χ1v) is 11.4. The summed E-state index contributed by atoms with van der Waals surface area (Å²) in [6, 6.07) is 18.7. The van der Waals surface area contributed by atoms with Crippen molar-refractivity contribution >= 4 is 27.3 Å². The quantitative estimate of drug-likeness (QED) is 0.553. The third-order valence-corrected chi connectivity index (χ3v) is 6.68. The summed E-state index contributed by atoms with van der Waals surface area (Å²) in [5, 5.41) is 2.77. The molecule has 0 saturated heterocycles. The average Bonchev–Trinajstić information content (AvgIpc) is 2.78. The monoisotopic (exact) mass is 454 g/mol. The highest BCUT2D eigenvalue weighted by molar-refractivity contribution is 7.92. The van der Waals surface area contributed by atoms with Crippen molar-refractivity contribution in [2.24, 2.45) is 0 Å². The minimum absolute atomic E-state index is 0.200. The molecule has 0 unspecified atom stereocenters. The lowest BCUT2D eigenvalue weighted by Gasteiger charge is -2.20. The highest BCUT2D eigenvalue weighted by Gasteiger charge is 2.21. The molecule has 0 aliphatic carbocycles. The molecule has 0 aliphatic rings. The van der Waals surface area contributed by atoms with Gasteiger partial charge in [-0.05, 0) is 67.9 Å². The Bertz CT molecular complexity index is 1190. The molecular weight excluding hydrogens is 428 g/mol. The van der Waals surface area contributed by atoms with Crippen LogP contribution in [0.2, 0.25) is 0 Å². The second kappa shape index (κ2) is 9.74. The van der Waals surface area contributed by atoms with Crippen LogP contribution in [0.25, 0.3) is 0 Å². The number of anilines is 2. The van der Waals surface area contributed by atoms with Gasteiger partial charge in [0.1, 0.15) is 11.5 Å². The molecule has 0 spiro atoms. The Morgan fingerprint density at radius 1 is 0.938 bits per heavy atom. The number of amides is 1. The van der Waals surface area contributed by atoms with Crippen LogP contribution in [0.4, 0.5) is 11.4 Å². The largest absolute Gasteiger partial charge is 0.495 e. The molecular formula is C24H26N2O5S. The van der Waals surface area contributed by atoms with Gasteiger partial charge in [0, 0.05) is 7.05 Å². The van der Waals surface area contributed by atoms with Gasteiger partial charge < -0.3 is 14.8 Å². The zero-order valence-corrected chi connectivity index (χ0v) is 19.3. The van der Waals surface area contributed by atoms with Gasteiger partial charge in [-0.25, -0.2) is 8.42 Å². The minimum Gasteiger partial charge on any atom is -0.495 e. The maximum Gasteiger partial charge on any atom is 0.264 e. The summed E-state index contributed by atoms with van der Waals surface area (Å²) in [6.07, 6.45) is 0. The number of hydrogen-bond donors (Lipinski definition) is 1. The molecule has 168 valence electrons. The number of methoxy groups -OCH3 is 1. The van der Waals surface area contributed by atoms with Crippen LogP contribution >= 0.6 is 0 Å². The van der Waals surface area contributed by atoms with E-state index in [0.717, 1.165) is 11.1 Å². The normalized spacial score (nSPS) is 11.0. The Morgan fingerprint density at radius 2 is 1.56 bits per heavy atom. The van der Waals surface area contributed by atoms with Crippen molar-refractivity contribution in [3.8, 4) is 11.5 Å². The summed E-state index contributed by atoms with van der Waals surface area (Å²) in [6.45, 7) is 3.62. The fourth-order valence-electron chi connectivity index (χ4n) is 3.01. The predicted octanol–water partition coefficient (Wildman–Crippen LogP) is 4.15. The van der Waals surface area contributed by atoms with Gasteiger partial charge in [-0.1, -0.05) is 23.8 Å². The number of nitrogens with zero attached hydrogens (tertiary/aromatic N) is 1. The van der Waals surface area contributed by atoms with E-state index in [2.05, 4.69) is 5.32 Å². The van der Waals surface area contributed by atoms with E-state index >= 15 is 0 Å². The molecule has 0 radical (unpaired) electrons. The Hall–Kier alpha value is -3.52. The predicted molar refractivity (Wildman–Crippen MR) is 125 cm³/mol. The highest BCUT2D eigenvalue weighted by atomic mass is 32.2. The van der Waals surface area contributed by atoms with E-state index in [-0.39, 0.29) is 17.4 Å². The Labute approximate surface area is 188 Å². The van der Waals surface area contributed by atoms with Crippen LogP contribution in [-0.2, 0) is 14.8 Å². The number of aryl methyl sites for hydroxylation is 2. The molecule has 3 rings (SSSR count). The summed E-state index contributed by atoms with van der Waals surface area (Å²) >= 11 is 0. The van der Waals surface area contributed by atoms with Gasteiger partial charge >= 0.3 is 0 Å². The number of benzene rings is 3. The van der Waals surface area contributed by atoms with Crippen LogP contribution < -0.4 is 19.1 Å². The van der Waals surface area contributed by atoms with Crippen molar-refractivity contribution in [3.05, 3.63) is 77.9 Å². The first kappa shape index (κ1) is 23.1. The second-order valence-corrected chi connectivity index (χ2v) is 9.29. The first-order valence-electron chi connectivity index (χ1n) is 9.93. The van der Waals surface area contributed by atoms with Crippen molar-refractivity contribution < 1.29 is 22.7 Å². The van der Waals surface area contributed by atoms with Crippen molar-refractivity contribution in [1.29, 1.82) is 0 Å². The van der Waals surface area contributed by atoms with Gasteiger partial charge in [-0.15, -0.1) is 0 Å². The second-order valence-electron chi connectivity index (χ2n) is 7.32. The molecule has 0 bridgehead atoms. The number of ether oxygens (including phenoxy) is 2. The molecule has 3 aromatic carbocycles. The van der Waals surface area contributed by atoms with E-state index in [1.165, 1.54) is 18.5 Å². The molecule has 1 amide bonds. The summed E-state index contributed by atoms with van der Waals surface area (Å²) in [7, 11) is -0.646. The molecule has 1 N–H and O–H groups in total. The number of carbonyl (C=O) groups is 1. The third kappa shape index (κ3) is 5.39. The lowest BCUT2D eigenvalue weighted by atomic mass is 10.2. The lowest BCUT2D eigenvalue weighted by Crippen LogP contribution is -2.26. The summed E-state index contributed by atoms with van der Waals surface area (Å²) in [5.74, 6) is 0.671. The molecule has 8 heteroatoms. The van der Waals surface area contributed by atoms with Crippen molar-refractivity contribution in [2.45, 2.75) is 18.7 Å². The first-order chi connectivity index (χ1) is 15.2. The Morgan fingerprint density at radius 3 is 2.19 bits per heavy atom. The molecule has 3 aromatic rings. The van der Waals surface area contributed by atoms with E-state index < -0.39 is 10.0 Å². The molecule has 32 heavy (non-hydrogen) atoms. The zero-order valence-electron chi connectivity index (χ0n) is 18.5. The maximum absolute atomic E-state index is 12.8. The molecule has 0 saturated carbocycles. The van der Waals surface area contributed by atoms with E-state index in [9.17, 15) is 13.2 Å². The SMILES string of the molecule is COc1ccc(C)cc1NC(=O)COc1ccc(N(C)S(=O)(=O)c2ccc(C)cc2)cc1. The smallest absolute Gasteiger partial charge is 0.264 e. The van der Waals surface area contributed by atoms with E-state index in [0.29, 0.717) is 22.9 Å². The Kier molecular flexibility index (Phi) is 7.05. The van der Waals surface area contributed by atoms with Gasteiger partial charge in [0.25, 0.3) is 15.9 Å². The molecule has 0 aromatic heterocycles. The van der Waals surface area contributed by atoms with Crippen molar-refractivity contribution in [1.82, 2.24) is 0 Å². The standard InChI is InChI=1S/C24H26N2O5S/c1-17-5-12-21(13-6-17)32(28,29)26(3)19-8-10-20(11-9-19)31-16-24(27)25-22-15-18(2)7-14-23(22)30-4/h5-15H,16H2,1-4H3,(H,25,27). The van der Waals surface area contributed by atoms with Crippen LogP contribution in [-0.4, -0.2) is 35.1 Å². The molecule has 0 fully saturated rings. The van der Waals surface area contributed by atoms with Crippen molar-refractivity contribution in [3.63, 3.8) is 0 Å². The Balaban J connectivity index is 1.63. The van der Waals surface area contributed by atoms with Gasteiger partial charge in [-0.2, -0.15) is 0 Å². The number of rotatable bonds is 8. The summed E-state index contributed by atoms with van der Waals surface area (Å²) in [4.78, 5) is 12.5. The van der Waals surface area contributed by atoms with Crippen LogP contribution in [0.3, 0.4) is 0 Å². The molecule has 7 nitrogen and oxygen atoms in total. The summed E-state index contributed by atoms with van der Waals surface area (Å²) < 4.78 is 37.7. The van der Waals surface area contributed by atoms with Gasteiger partial charge in [0.05, 0.1) is 23.4 Å². The fourth-order valence-corrected chi connectivity index (χ4v) is 4.21. The zero-order chi connectivity index (χ0) is 23.3. The number of nitrogens with one attached hydrogen (secondary N) is 1. The maximum atomic E-state index is 12.8.